The molecule has 1 aliphatic carbocycles. The lowest BCUT2D eigenvalue weighted by molar-refractivity contribution is 0.0961. The number of ether oxygens (including phenoxy) is 1. The molecule has 2 heteroatoms. The first-order valence-electron chi connectivity index (χ1n) is 5.47. The van der Waals surface area contributed by atoms with Crippen molar-refractivity contribution in [1.82, 2.24) is 0 Å². The van der Waals surface area contributed by atoms with Gasteiger partial charge in [-0.2, -0.15) is 0 Å². The molecule has 1 aliphatic rings. The van der Waals surface area contributed by atoms with Crippen molar-refractivity contribution in [2.24, 2.45) is 5.92 Å². The molecule has 0 bridgehead atoms. The van der Waals surface area contributed by atoms with Crippen molar-refractivity contribution < 1.29 is 4.74 Å². The minimum Gasteiger partial charge on any atom is -0.382 e. The van der Waals surface area contributed by atoms with Crippen LogP contribution in [0.5, 0.6) is 0 Å². The topological polar surface area (TPSA) is 9.23 Å². The Morgan fingerprint density at radius 2 is 2.20 bits per heavy atom. The molecular weight excluding hydrogens is 252 g/mol. The average Bonchev–Trinajstić information content (AvgIpc) is 2.57. The van der Waals surface area contributed by atoms with Gasteiger partial charge in [-0.25, -0.2) is 0 Å². The Balaban J connectivity index is 2.10. The molecule has 3 atom stereocenters. The second-order valence-corrected chi connectivity index (χ2v) is 5.33. The Hall–Kier alpha value is -0.340. The molecule has 0 aromatic heterocycles. The predicted molar refractivity (Wildman–Crippen MR) is 66.4 cm³/mol. The summed E-state index contributed by atoms with van der Waals surface area (Å²) >= 11 is 3.81. The fourth-order valence-corrected chi connectivity index (χ4v) is 3.20. The molecule has 1 aromatic rings. The Morgan fingerprint density at radius 3 is 2.87 bits per heavy atom. The van der Waals surface area contributed by atoms with E-state index in [1.165, 1.54) is 17.5 Å². The summed E-state index contributed by atoms with van der Waals surface area (Å²) in [5.74, 6) is 0.678. The van der Waals surface area contributed by atoms with E-state index in [0.29, 0.717) is 16.8 Å². The highest BCUT2D eigenvalue weighted by Gasteiger charge is 2.30. The van der Waals surface area contributed by atoms with Gasteiger partial charge in [-0.05, 0) is 36.8 Å². The van der Waals surface area contributed by atoms with Crippen molar-refractivity contribution >= 4 is 15.9 Å². The Bertz CT molecular complexity index is 337. The number of halogens is 1. The van der Waals surface area contributed by atoms with E-state index in [2.05, 4.69) is 47.1 Å². The van der Waals surface area contributed by atoms with Crippen LogP contribution in [-0.2, 0) is 11.2 Å². The number of alkyl halides is 1. The van der Waals surface area contributed by atoms with Crippen LogP contribution >= 0.6 is 15.9 Å². The van der Waals surface area contributed by atoms with Crippen molar-refractivity contribution in [2.75, 3.05) is 7.11 Å². The molecule has 0 fully saturated rings. The quantitative estimate of drug-likeness (QED) is 0.760. The first kappa shape index (κ1) is 11.2. The molecule has 0 saturated heterocycles. The van der Waals surface area contributed by atoms with Crippen LogP contribution in [0.15, 0.2) is 24.3 Å². The maximum Gasteiger partial charge on any atom is 0.0546 e. The standard InChI is InChI=1S/C13H17BrO/c1-9(15-2)7-11-8-10-5-3-4-6-12(10)13(11)14/h3-6,9,11,13H,7-8H2,1-2H3. The maximum atomic E-state index is 5.34. The molecule has 0 saturated carbocycles. The van der Waals surface area contributed by atoms with Crippen LogP contribution in [0.25, 0.3) is 0 Å². The lowest BCUT2D eigenvalue weighted by Gasteiger charge is -2.18. The second kappa shape index (κ2) is 4.67. The molecule has 2 rings (SSSR count). The molecule has 0 spiro atoms. The molecule has 0 aliphatic heterocycles. The zero-order chi connectivity index (χ0) is 10.8. The largest absolute Gasteiger partial charge is 0.382 e. The van der Waals surface area contributed by atoms with Gasteiger partial charge in [0.2, 0.25) is 0 Å². The number of methoxy groups -OCH3 is 1. The van der Waals surface area contributed by atoms with E-state index in [0.717, 1.165) is 6.42 Å². The highest BCUT2D eigenvalue weighted by atomic mass is 79.9. The van der Waals surface area contributed by atoms with E-state index in [9.17, 15) is 0 Å². The maximum absolute atomic E-state index is 5.34. The van der Waals surface area contributed by atoms with Gasteiger partial charge >= 0.3 is 0 Å². The molecule has 1 nitrogen and oxygen atoms in total. The monoisotopic (exact) mass is 268 g/mol. The number of rotatable bonds is 3. The van der Waals surface area contributed by atoms with E-state index in [-0.39, 0.29) is 0 Å². The highest BCUT2D eigenvalue weighted by Crippen LogP contribution is 2.44. The molecule has 82 valence electrons. The summed E-state index contributed by atoms with van der Waals surface area (Å²) in [6, 6.07) is 8.71. The summed E-state index contributed by atoms with van der Waals surface area (Å²) in [6.07, 6.45) is 2.66. The molecule has 3 unspecified atom stereocenters. The van der Waals surface area contributed by atoms with Gasteiger partial charge in [-0.15, -0.1) is 0 Å². The SMILES string of the molecule is COC(C)CC1Cc2ccccc2C1Br. The number of hydrogen-bond acceptors (Lipinski definition) is 1. The third kappa shape index (κ3) is 2.26. The van der Waals surface area contributed by atoms with Gasteiger partial charge in [0.05, 0.1) is 6.10 Å². The third-order valence-corrected chi connectivity index (χ3v) is 4.53. The average molecular weight is 269 g/mol. The molecule has 0 N–H and O–H groups in total. The van der Waals surface area contributed by atoms with Gasteiger partial charge in [0, 0.05) is 11.9 Å². The smallest absolute Gasteiger partial charge is 0.0546 e. The van der Waals surface area contributed by atoms with Crippen LogP contribution in [0, 0.1) is 5.92 Å². The van der Waals surface area contributed by atoms with Gasteiger partial charge in [0.15, 0.2) is 0 Å². The van der Waals surface area contributed by atoms with Crippen LogP contribution in [0.3, 0.4) is 0 Å². The van der Waals surface area contributed by atoms with Gasteiger partial charge in [0.25, 0.3) is 0 Å². The molecule has 0 amide bonds. The summed E-state index contributed by atoms with van der Waals surface area (Å²) in [7, 11) is 1.79. The van der Waals surface area contributed by atoms with Crippen LogP contribution in [-0.4, -0.2) is 13.2 Å². The van der Waals surface area contributed by atoms with Crippen molar-refractivity contribution in [2.45, 2.75) is 30.7 Å². The lowest BCUT2D eigenvalue weighted by atomic mass is 9.99. The van der Waals surface area contributed by atoms with E-state index in [1.807, 2.05) is 0 Å². The molecule has 15 heavy (non-hydrogen) atoms. The first-order valence-corrected chi connectivity index (χ1v) is 6.38. The van der Waals surface area contributed by atoms with Crippen LogP contribution in [0.2, 0.25) is 0 Å². The first-order chi connectivity index (χ1) is 7.22. The van der Waals surface area contributed by atoms with Crippen molar-refractivity contribution in [3.8, 4) is 0 Å². The predicted octanol–water partition coefficient (Wildman–Crippen LogP) is 3.72. The van der Waals surface area contributed by atoms with Gasteiger partial charge in [-0.3, -0.25) is 0 Å². The van der Waals surface area contributed by atoms with Crippen LogP contribution < -0.4 is 0 Å². The summed E-state index contributed by atoms with van der Waals surface area (Å²) in [5.41, 5.74) is 2.96. The molecule has 1 aromatic carbocycles. The fraction of sp³-hybridized carbons (Fsp3) is 0.538. The molecular formula is C13H17BrO. The fourth-order valence-electron chi connectivity index (χ4n) is 2.35. The Labute approximate surface area is 100.0 Å². The Kier molecular flexibility index (Phi) is 3.47. The zero-order valence-corrected chi connectivity index (χ0v) is 10.8. The zero-order valence-electron chi connectivity index (χ0n) is 9.24. The molecule has 0 radical (unpaired) electrons. The van der Waals surface area contributed by atoms with Crippen molar-refractivity contribution in [3.05, 3.63) is 35.4 Å². The van der Waals surface area contributed by atoms with E-state index < -0.39 is 0 Å². The van der Waals surface area contributed by atoms with Gasteiger partial charge in [0.1, 0.15) is 0 Å². The van der Waals surface area contributed by atoms with E-state index >= 15 is 0 Å². The lowest BCUT2D eigenvalue weighted by Crippen LogP contribution is -2.13. The number of benzene rings is 1. The summed E-state index contributed by atoms with van der Waals surface area (Å²) in [4.78, 5) is 0.506. The normalized spacial score (nSPS) is 26.3. The Morgan fingerprint density at radius 1 is 1.47 bits per heavy atom. The van der Waals surface area contributed by atoms with E-state index in [4.69, 9.17) is 4.74 Å². The van der Waals surface area contributed by atoms with Gasteiger partial charge < -0.3 is 4.74 Å². The van der Waals surface area contributed by atoms with Crippen molar-refractivity contribution in [1.29, 1.82) is 0 Å². The van der Waals surface area contributed by atoms with Crippen molar-refractivity contribution in [3.63, 3.8) is 0 Å². The van der Waals surface area contributed by atoms with E-state index in [1.54, 1.807) is 7.11 Å². The second-order valence-electron chi connectivity index (χ2n) is 4.35. The summed E-state index contributed by atoms with van der Waals surface area (Å²) in [5, 5.41) is 0. The van der Waals surface area contributed by atoms with Crippen LogP contribution in [0.1, 0.15) is 29.3 Å². The number of hydrogen-bond donors (Lipinski definition) is 0. The minimum atomic E-state index is 0.351. The third-order valence-electron chi connectivity index (χ3n) is 3.29. The summed E-state index contributed by atoms with van der Waals surface area (Å²) in [6.45, 7) is 2.14. The van der Waals surface area contributed by atoms with Gasteiger partial charge in [-0.1, -0.05) is 40.2 Å². The molecule has 0 heterocycles. The summed E-state index contributed by atoms with van der Waals surface area (Å²) < 4.78 is 5.34. The van der Waals surface area contributed by atoms with Crippen LogP contribution in [0.4, 0.5) is 0 Å². The number of fused-ring (bicyclic) bond motifs is 1. The minimum absolute atomic E-state index is 0.351. The highest BCUT2D eigenvalue weighted by molar-refractivity contribution is 9.09.